The third-order valence-electron chi connectivity index (χ3n) is 3.69. The van der Waals surface area contributed by atoms with Crippen LogP contribution in [0.4, 0.5) is 18.9 Å². The van der Waals surface area contributed by atoms with Crippen LogP contribution in [0.2, 0.25) is 0 Å². The highest BCUT2D eigenvalue weighted by Crippen LogP contribution is 2.31. The lowest BCUT2D eigenvalue weighted by Crippen LogP contribution is -2.08. The molecule has 2 aromatic carbocycles. The van der Waals surface area contributed by atoms with Gasteiger partial charge in [-0.25, -0.2) is 0 Å². The molecule has 0 atom stereocenters. The smallest absolute Gasteiger partial charge is 0.378 e. The van der Waals surface area contributed by atoms with Gasteiger partial charge in [0, 0.05) is 19.8 Å². The molecule has 0 spiro atoms. The highest BCUT2D eigenvalue weighted by Gasteiger charge is 2.30. The Labute approximate surface area is 139 Å². The molecule has 2 nitrogen and oxygen atoms in total. The zero-order valence-corrected chi connectivity index (χ0v) is 13.6. The molecular weight excluding hydrogens is 313 g/mol. The maximum absolute atomic E-state index is 12.8. The van der Waals surface area contributed by atoms with Crippen molar-refractivity contribution in [2.75, 3.05) is 19.0 Å². The average molecular weight is 330 g/mol. The summed E-state index contributed by atoms with van der Waals surface area (Å²) in [5.41, 5.74) is 2.45. The number of benzene rings is 2. The number of alkyl halides is 3. The van der Waals surface area contributed by atoms with Crippen LogP contribution in [0, 0.1) is 18.3 Å². The van der Waals surface area contributed by atoms with Crippen molar-refractivity contribution in [3.05, 3.63) is 64.7 Å². The third kappa shape index (κ3) is 3.96. The van der Waals surface area contributed by atoms with Crippen molar-refractivity contribution >= 4 is 17.3 Å². The summed E-state index contributed by atoms with van der Waals surface area (Å²) in [6, 6.07) is 12.5. The summed E-state index contributed by atoms with van der Waals surface area (Å²) in [5.74, 6) is 0. The van der Waals surface area contributed by atoms with Gasteiger partial charge in [0.25, 0.3) is 0 Å². The lowest BCUT2D eigenvalue weighted by molar-refractivity contribution is -0.137. The number of aryl methyl sites for hydroxylation is 1. The van der Waals surface area contributed by atoms with Gasteiger partial charge in [-0.1, -0.05) is 18.2 Å². The molecule has 0 radical (unpaired) electrons. The van der Waals surface area contributed by atoms with Crippen LogP contribution in [0.5, 0.6) is 0 Å². The molecule has 2 rings (SSSR count). The fourth-order valence-corrected chi connectivity index (χ4v) is 2.30. The number of allylic oxidation sites excluding steroid dienone is 1. The van der Waals surface area contributed by atoms with Crippen molar-refractivity contribution in [2.45, 2.75) is 13.1 Å². The molecule has 0 aliphatic rings. The van der Waals surface area contributed by atoms with Crippen LogP contribution in [0.1, 0.15) is 22.3 Å². The van der Waals surface area contributed by atoms with Gasteiger partial charge < -0.3 is 4.90 Å². The summed E-state index contributed by atoms with van der Waals surface area (Å²) in [6.07, 6.45) is -2.82. The van der Waals surface area contributed by atoms with Crippen molar-refractivity contribution in [1.29, 1.82) is 5.26 Å². The standard InChI is InChI=1S/C19H17F3N2/c1-13-9-18(24(2)3)8-7-14(13)10-16(12-23)15-5-4-6-17(11-15)19(20,21)22/h4-11H,1-3H3/b16-10+. The van der Waals surface area contributed by atoms with Crippen molar-refractivity contribution in [3.63, 3.8) is 0 Å². The van der Waals surface area contributed by atoms with Gasteiger partial charge in [0.05, 0.1) is 17.2 Å². The monoisotopic (exact) mass is 330 g/mol. The van der Waals surface area contributed by atoms with Gasteiger partial charge >= 0.3 is 6.18 Å². The Morgan fingerprint density at radius 2 is 1.83 bits per heavy atom. The Hall–Kier alpha value is -2.74. The van der Waals surface area contributed by atoms with E-state index in [1.165, 1.54) is 12.1 Å². The molecule has 0 fully saturated rings. The van der Waals surface area contributed by atoms with Gasteiger partial charge in [-0.05, 0) is 54.0 Å². The maximum atomic E-state index is 12.8. The van der Waals surface area contributed by atoms with Gasteiger partial charge in [-0.3, -0.25) is 0 Å². The fourth-order valence-electron chi connectivity index (χ4n) is 2.30. The van der Waals surface area contributed by atoms with Gasteiger partial charge in [0.2, 0.25) is 0 Å². The van der Waals surface area contributed by atoms with Crippen LogP contribution in [0.25, 0.3) is 11.6 Å². The largest absolute Gasteiger partial charge is 0.416 e. The first-order chi connectivity index (χ1) is 11.2. The number of rotatable bonds is 3. The van der Waals surface area contributed by atoms with Crippen LogP contribution < -0.4 is 4.90 Å². The predicted molar refractivity (Wildman–Crippen MR) is 90.4 cm³/mol. The first-order valence-corrected chi connectivity index (χ1v) is 7.30. The van der Waals surface area contributed by atoms with E-state index >= 15 is 0 Å². The topological polar surface area (TPSA) is 27.0 Å². The minimum Gasteiger partial charge on any atom is -0.378 e. The SMILES string of the molecule is Cc1cc(N(C)C)ccc1/C=C(\C#N)c1cccc(C(F)(F)F)c1. The van der Waals surface area contributed by atoms with E-state index in [-0.39, 0.29) is 11.1 Å². The second-order valence-electron chi connectivity index (χ2n) is 5.68. The van der Waals surface area contributed by atoms with Crippen LogP contribution in [-0.4, -0.2) is 14.1 Å². The van der Waals surface area contributed by atoms with Gasteiger partial charge in [-0.2, -0.15) is 18.4 Å². The van der Waals surface area contributed by atoms with Crippen molar-refractivity contribution in [3.8, 4) is 6.07 Å². The number of halogens is 3. The summed E-state index contributed by atoms with van der Waals surface area (Å²) in [5, 5.41) is 9.36. The Morgan fingerprint density at radius 3 is 2.38 bits per heavy atom. The van der Waals surface area contributed by atoms with Crippen molar-refractivity contribution < 1.29 is 13.2 Å². The molecule has 0 saturated heterocycles. The van der Waals surface area contributed by atoms with Crippen molar-refractivity contribution in [2.24, 2.45) is 0 Å². The van der Waals surface area contributed by atoms with E-state index in [1.807, 2.05) is 50.2 Å². The molecule has 2 aromatic rings. The molecule has 0 saturated carbocycles. The zero-order valence-electron chi connectivity index (χ0n) is 13.6. The van der Waals surface area contributed by atoms with E-state index in [0.29, 0.717) is 0 Å². The summed E-state index contributed by atoms with van der Waals surface area (Å²) in [7, 11) is 3.85. The number of nitrogens with zero attached hydrogens (tertiary/aromatic N) is 2. The second kappa shape index (κ2) is 6.79. The molecule has 0 N–H and O–H groups in total. The van der Waals surface area contributed by atoms with Gasteiger partial charge in [0.15, 0.2) is 0 Å². The summed E-state index contributed by atoms with van der Waals surface area (Å²) in [6.45, 7) is 1.90. The van der Waals surface area contributed by atoms with E-state index in [0.717, 1.165) is 28.9 Å². The van der Waals surface area contributed by atoms with E-state index in [2.05, 4.69) is 0 Å². The summed E-state index contributed by atoms with van der Waals surface area (Å²) in [4.78, 5) is 1.96. The van der Waals surface area contributed by atoms with Crippen LogP contribution in [0.3, 0.4) is 0 Å². The number of nitriles is 1. The normalized spacial score (nSPS) is 12.0. The predicted octanol–water partition coefficient (Wildman–Crippen LogP) is 5.14. The van der Waals surface area contributed by atoms with E-state index in [1.54, 1.807) is 6.08 Å². The number of hydrogen-bond donors (Lipinski definition) is 0. The number of anilines is 1. The maximum Gasteiger partial charge on any atom is 0.416 e. The van der Waals surface area contributed by atoms with Crippen LogP contribution in [0.15, 0.2) is 42.5 Å². The molecule has 0 aromatic heterocycles. The summed E-state index contributed by atoms with van der Waals surface area (Å²) >= 11 is 0. The number of hydrogen-bond acceptors (Lipinski definition) is 2. The fraction of sp³-hybridized carbons (Fsp3) is 0.211. The van der Waals surface area contributed by atoms with E-state index in [9.17, 15) is 18.4 Å². The Bertz CT molecular complexity index is 812. The molecule has 0 aliphatic heterocycles. The highest BCUT2D eigenvalue weighted by atomic mass is 19.4. The van der Waals surface area contributed by atoms with Crippen LogP contribution in [-0.2, 0) is 6.18 Å². The van der Waals surface area contributed by atoms with Crippen LogP contribution >= 0.6 is 0 Å². The lowest BCUT2D eigenvalue weighted by Gasteiger charge is -2.14. The average Bonchev–Trinajstić information content (AvgIpc) is 2.53. The molecule has 24 heavy (non-hydrogen) atoms. The molecule has 0 amide bonds. The molecule has 5 heteroatoms. The van der Waals surface area contributed by atoms with E-state index < -0.39 is 11.7 Å². The quantitative estimate of drug-likeness (QED) is 0.575. The molecule has 124 valence electrons. The Kier molecular flexibility index (Phi) is 4.99. The molecule has 0 bridgehead atoms. The van der Waals surface area contributed by atoms with E-state index in [4.69, 9.17) is 0 Å². The van der Waals surface area contributed by atoms with Gasteiger partial charge in [-0.15, -0.1) is 0 Å². The Morgan fingerprint density at radius 1 is 1.12 bits per heavy atom. The minimum absolute atomic E-state index is 0.196. The van der Waals surface area contributed by atoms with Gasteiger partial charge in [0.1, 0.15) is 0 Å². The minimum atomic E-state index is -4.43. The first-order valence-electron chi connectivity index (χ1n) is 7.30. The molecule has 0 heterocycles. The highest BCUT2D eigenvalue weighted by molar-refractivity contribution is 5.90. The lowest BCUT2D eigenvalue weighted by atomic mass is 9.99. The molecular formula is C19H17F3N2. The summed E-state index contributed by atoms with van der Waals surface area (Å²) < 4.78 is 38.5. The zero-order chi connectivity index (χ0) is 17.9. The molecule has 0 unspecified atom stereocenters. The van der Waals surface area contributed by atoms with Crippen molar-refractivity contribution in [1.82, 2.24) is 0 Å². The first kappa shape index (κ1) is 17.6. The molecule has 0 aliphatic carbocycles. The Balaban J connectivity index is 2.46. The second-order valence-corrected chi connectivity index (χ2v) is 5.68. The third-order valence-corrected chi connectivity index (χ3v) is 3.69.